The fraction of sp³-hybridized carbons (Fsp3) is 0.875. The van der Waals surface area contributed by atoms with Gasteiger partial charge in [-0.25, -0.2) is 0 Å². The molecule has 1 unspecified atom stereocenters. The molecule has 0 aromatic rings. The van der Waals surface area contributed by atoms with Crippen LogP contribution in [0.2, 0.25) is 0 Å². The second-order valence-corrected chi connectivity index (χ2v) is 3.74. The predicted octanol–water partition coefficient (Wildman–Crippen LogP) is 2.62. The van der Waals surface area contributed by atoms with Gasteiger partial charge in [-0.2, -0.15) is 13.2 Å². The zero-order valence-corrected chi connectivity index (χ0v) is 9.41. The molecule has 0 saturated carbocycles. The van der Waals surface area contributed by atoms with Crippen molar-refractivity contribution in [3.05, 3.63) is 0 Å². The van der Waals surface area contributed by atoms with Gasteiger partial charge in [0.2, 0.25) is 5.91 Å². The molecule has 0 aromatic carbocycles. The van der Waals surface area contributed by atoms with Gasteiger partial charge in [0.25, 0.3) is 0 Å². The lowest BCUT2D eigenvalue weighted by molar-refractivity contribution is -0.154. The van der Waals surface area contributed by atoms with Crippen LogP contribution in [-0.2, 0) is 4.79 Å². The van der Waals surface area contributed by atoms with Crippen molar-refractivity contribution in [3.8, 4) is 0 Å². The summed E-state index contributed by atoms with van der Waals surface area (Å²) in [5.74, 6) is -0.953. The Balaban J connectivity index is 3.91. The van der Waals surface area contributed by atoms with E-state index in [4.69, 9.17) is 0 Å². The van der Waals surface area contributed by atoms with Crippen molar-refractivity contribution in [1.82, 2.24) is 5.32 Å². The average Bonchev–Trinajstić information content (AvgIpc) is 2.00. The van der Waals surface area contributed by atoms with E-state index in [-0.39, 0.29) is 6.04 Å². The molecular formula is C8H13BrF3NO. The number of rotatable bonds is 5. The average molecular weight is 276 g/mol. The molecule has 0 bridgehead atoms. The molecule has 0 aliphatic heterocycles. The van der Waals surface area contributed by atoms with E-state index >= 15 is 0 Å². The lowest BCUT2D eigenvalue weighted by Gasteiger charge is -2.16. The Labute approximate surface area is 89.4 Å². The standard InChI is InChI=1S/C8H13BrF3NO/c1-2-6(3-4-9)13-7(14)5-8(10,11)12/h6H,2-5H2,1H3,(H,13,14). The highest BCUT2D eigenvalue weighted by molar-refractivity contribution is 9.09. The Hall–Kier alpha value is -0.260. The van der Waals surface area contributed by atoms with E-state index in [1.165, 1.54) is 0 Å². The quantitative estimate of drug-likeness (QED) is 0.768. The maximum atomic E-state index is 11.8. The van der Waals surface area contributed by atoms with Crippen LogP contribution in [0.1, 0.15) is 26.2 Å². The molecule has 0 aliphatic carbocycles. The summed E-state index contributed by atoms with van der Waals surface area (Å²) in [7, 11) is 0. The Morgan fingerprint density at radius 1 is 1.50 bits per heavy atom. The SMILES string of the molecule is CCC(CCBr)NC(=O)CC(F)(F)F. The van der Waals surface area contributed by atoms with E-state index in [0.717, 1.165) is 0 Å². The van der Waals surface area contributed by atoms with Crippen LogP contribution in [-0.4, -0.2) is 23.5 Å². The van der Waals surface area contributed by atoms with Gasteiger partial charge in [-0.1, -0.05) is 22.9 Å². The zero-order valence-electron chi connectivity index (χ0n) is 7.83. The number of hydrogen-bond acceptors (Lipinski definition) is 1. The van der Waals surface area contributed by atoms with E-state index < -0.39 is 18.5 Å². The summed E-state index contributed by atoms with van der Waals surface area (Å²) in [4.78, 5) is 10.9. The first-order chi connectivity index (χ1) is 6.39. The second-order valence-electron chi connectivity index (χ2n) is 2.94. The zero-order chi connectivity index (χ0) is 11.2. The van der Waals surface area contributed by atoms with Crippen molar-refractivity contribution >= 4 is 21.8 Å². The van der Waals surface area contributed by atoms with E-state index in [9.17, 15) is 18.0 Å². The maximum Gasteiger partial charge on any atom is 0.397 e. The Kier molecular flexibility index (Phi) is 6.15. The van der Waals surface area contributed by atoms with Gasteiger partial charge < -0.3 is 5.32 Å². The van der Waals surface area contributed by atoms with Crippen LogP contribution in [0, 0.1) is 0 Å². The Bertz CT molecular complexity index is 184. The molecule has 0 rings (SSSR count). The predicted molar refractivity (Wildman–Crippen MR) is 51.3 cm³/mol. The van der Waals surface area contributed by atoms with Gasteiger partial charge in [-0.15, -0.1) is 0 Å². The van der Waals surface area contributed by atoms with E-state index in [0.29, 0.717) is 18.2 Å². The van der Waals surface area contributed by atoms with Crippen LogP contribution in [0.3, 0.4) is 0 Å². The lowest BCUT2D eigenvalue weighted by atomic mass is 10.1. The first-order valence-electron chi connectivity index (χ1n) is 4.31. The number of halogens is 4. The van der Waals surface area contributed by atoms with Gasteiger partial charge in [-0.3, -0.25) is 4.79 Å². The Morgan fingerprint density at radius 3 is 2.43 bits per heavy atom. The van der Waals surface area contributed by atoms with E-state index in [1.807, 2.05) is 6.92 Å². The minimum atomic E-state index is -4.42. The topological polar surface area (TPSA) is 29.1 Å². The van der Waals surface area contributed by atoms with Crippen molar-refractivity contribution in [2.75, 3.05) is 5.33 Å². The molecule has 0 spiro atoms. The number of nitrogens with one attached hydrogen (secondary N) is 1. The van der Waals surface area contributed by atoms with Crippen LogP contribution in [0.5, 0.6) is 0 Å². The molecule has 2 nitrogen and oxygen atoms in total. The molecule has 0 heterocycles. The highest BCUT2D eigenvalue weighted by Gasteiger charge is 2.31. The highest BCUT2D eigenvalue weighted by Crippen LogP contribution is 2.19. The van der Waals surface area contributed by atoms with Crippen LogP contribution in [0.15, 0.2) is 0 Å². The summed E-state index contributed by atoms with van der Waals surface area (Å²) < 4.78 is 35.3. The van der Waals surface area contributed by atoms with E-state index in [2.05, 4.69) is 21.2 Å². The fourth-order valence-corrected chi connectivity index (χ4v) is 1.52. The molecule has 1 atom stereocenters. The first kappa shape index (κ1) is 13.7. The molecule has 0 radical (unpaired) electrons. The van der Waals surface area contributed by atoms with E-state index in [1.54, 1.807) is 0 Å². The number of amides is 1. The lowest BCUT2D eigenvalue weighted by Crippen LogP contribution is -2.37. The monoisotopic (exact) mass is 275 g/mol. The van der Waals surface area contributed by atoms with Crippen LogP contribution in [0.4, 0.5) is 13.2 Å². The van der Waals surface area contributed by atoms with Crippen molar-refractivity contribution in [1.29, 1.82) is 0 Å². The number of carbonyl (C=O) groups excluding carboxylic acids is 1. The van der Waals surface area contributed by atoms with Gasteiger partial charge in [0.05, 0.1) is 0 Å². The number of hydrogen-bond donors (Lipinski definition) is 1. The third-order valence-electron chi connectivity index (χ3n) is 1.68. The molecule has 0 saturated heterocycles. The van der Waals surface area contributed by atoms with Gasteiger partial charge in [0.1, 0.15) is 6.42 Å². The molecule has 1 N–H and O–H groups in total. The summed E-state index contributed by atoms with van der Waals surface area (Å²) in [6.07, 6.45) is -4.54. The molecule has 1 amide bonds. The van der Waals surface area contributed by atoms with Crippen molar-refractivity contribution in [3.63, 3.8) is 0 Å². The number of carbonyl (C=O) groups is 1. The first-order valence-corrected chi connectivity index (χ1v) is 5.43. The van der Waals surface area contributed by atoms with Gasteiger partial charge in [0.15, 0.2) is 0 Å². The molecule has 84 valence electrons. The van der Waals surface area contributed by atoms with Gasteiger partial charge in [0, 0.05) is 11.4 Å². The Morgan fingerprint density at radius 2 is 2.07 bits per heavy atom. The smallest absolute Gasteiger partial charge is 0.353 e. The normalized spacial score (nSPS) is 13.8. The molecule has 14 heavy (non-hydrogen) atoms. The third-order valence-corrected chi connectivity index (χ3v) is 2.13. The van der Waals surface area contributed by atoms with Crippen molar-refractivity contribution in [2.45, 2.75) is 38.4 Å². The number of alkyl halides is 4. The summed E-state index contributed by atoms with van der Waals surface area (Å²) in [5.41, 5.74) is 0. The van der Waals surface area contributed by atoms with Crippen LogP contribution < -0.4 is 5.32 Å². The van der Waals surface area contributed by atoms with Crippen molar-refractivity contribution < 1.29 is 18.0 Å². The molecule has 6 heteroatoms. The molecule has 0 fully saturated rings. The third kappa shape index (κ3) is 7.17. The minimum absolute atomic E-state index is 0.177. The summed E-state index contributed by atoms with van der Waals surface area (Å²) in [6.45, 7) is 1.82. The summed E-state index contributed by atoms with van der Waals surface area (Å²) in [5, 5.41) is 3.00. The second kappa shape index (κ2) is 6.27. The molecule has 0 aliphatic rings. The fourth-order valence-electron chi connectivity index (χ4n) is 0.971. The van der Waals surface area contributed by atoms with Gasteiger partial charge >= 0.3 is 6.18 Å². The maximum absolute atomic E-state index is 11.8. The summed E-state index contributed by atoms with van der Waals surface area (Å²) >= 11 is 3.17. The van der Waals surface area contributed by atoms with Gasteiger partial charge in [-0.05, 0) is 12.8 Å². The highest BCUT2D eigenvalue weighted by atomic mass is 79.9. The van der Waals surface area contributed by atoms with Crippen LogP contribution >= 0.6 is 15.9 Å². The summed E-state index contributed by atoms with van der Waals surface area (Å²) in [6, 6.07) is -0.177. The van der Waals surface area contributed by atoms with Crippen molar-refractivity contribution in [2.24, 2.45) is 0 Å². The molecule has 0 aromatic heterocycles. The largest absolute Gasteiger partial charge is 0.397 e. The molecular weight excluding hydrogens is 263 g/mol. The van der Waals surface area contributed by atoms with Crippen LogP contribution in [0.25, 0.3) is 0 Å². The minimum Gasteiger partial charge on any atom is -0.353 e.